The van der Waals surface area contributed by atoms with Gasteiger partial charge in [0.15, 0.2) is 0 Å². The average Bonchev–Trinajstić information content (AvgIpc) is 3.25. The lowest BCUT2D eigenvalue weighted by Gasteiger charge is -2.12. The summed E-state index contributed by atoms with van der Waals surface area (Å²) in [6.07, 6.45) is 2.97. The van der Waals surface area contributed by atoms with Gasteiger partial charge in [-0.05, 0) is 31.5 Å². The van der Waals surface area contributed by atoms with Crippen LogP contribution in [0.1, 0.15) is 28.3 Å². The highest BCUT2D eigenvalue weighted by molar-refractivity contribution is 7.09. The lowest BCUT2D eigenvalue weighted by molar-refractivity contribution is 0.0680. The summed E-state index contributed by atoms with van der Waals surface area (Å²) in [7, 11) is 0. The van der Waals surface area contributed by atoms with E-state index >= 15 is 0 Å². The maximum atomic E-state index is 12.3. The van der Waals surface area contributed by atoms with Gasteiger partial charge in [-0.3, -0.25) is 4.79 Å². The second-order valence-electron chi connectivity index (χ2n) is 5.59. The Morgan fingerprint density at radius 1 is 1.50 bits per heavy atom. The van der Waals surface area contributed by atoms with Crippen LogP contribution in [0.3, 0.4) is 0 Å². The van der Waals surface area contributed by atoms with E-state index in [1.807, 2.05) is 18.2 Å². The van der Waals surface area contributed by atoms with Gasteiger partial charge < -0.3 is 20.5 Å². The third-order valence-electron chi connectivity index (χ3n) is 3.69. The number of benzene rings is 1. The van der Waals surface area contributed by atoms with Gasteiger partial charge in [0.25, 0.3) is 5.91 Å². The van der Waals surface area contributed by atoms with Crippen molar-refractivity contribution in [3.63, 3.8) is 0 Å². The molecule has 0 aliphatic carbocycles. The Kier molecular flexibility index (Phi) is 5.79. The second-order valence-corrected chi connectivity index (χ2v) is 6.54. The molecule has 1 aliphatic heterocycles. The highest BCUT2D eigenvalue weighted by Gasteiger charge is 2.16. The third-order valence-corrected chi connectivity index (χ3v) is 4.60. The normalized spacial score (nSPS) is 17.0. The summed E-state index contributed by atoms with van der Waals surface area (Å²) in [5.41, 5.74) is 6.59. The van der Waals surface area contributed by atoms with Crippen LogP contribution < -0.4 is 15.8 Å². The minimum atomic E-state index is -0.231. The van der Waals surface area contributed by atoms with Gasteiger partial charge in [-0.25, -0.2) is 4.98 Å². The van der Waals surface area contributed by atoms with Crippen LogP contribution in [0.15, 0.2) is 29.6 Å². The van der Waals surface area contributed by atoms with Gasteiger partial charge >= 0.3 is 0 Å². The summed E-state index contributed by atoms with van der Waals surface area (Å²) < 4.78 is 11.3. The van der Waals surface area contributed by atoms with E-state index in [0.29, 0.717) is 36.7 Å². The maximum absolute atomic E-state index is 12.3. The average molecular weight is 347 g/mol. The first-order valence-electron chi connectivity index (χ1n) is 8.05. The Balaban J connectivity index is 1.57. The minimum absolute atomic E-state index is 0.166. The van der Waals surface area contributed by atoms with Crippen molar-refractivity contribution in [3.05, 3.63) is 40.3 Å². The van der Waals surface area contributed by atoms with Crippen LogP contribution in [0.4, 0.5) is 5.69 Å². The van der Waals surface area contributed by atoms with Crippen molar-refractivity contribution in [2.24, 2.45) is 5.73 Å². The number of aromatic nitrogens is 1. The SMILES string of the molecule is NCCc1nc(C(=O)Nc2cccc(OCC3CCCO3)c2)cs1. The number of carbonyl (C=O) groups is 1. The summed E-state index contributed by atoms with van der Waals surface area (Å²) >= 11 is 1.45. The van der Waals surface area contributed by atoms with Crippen molar-refractivity contribution < 1.29 is 14.3 Å². The molecular formula is C17H21N3O3S. The molecule has 3 rings (SSSR count). The zero-order valence-corrected chi connectivity index (χ0v) is 14.2. The fraction of sp³-hybridized carbons (Fsp3) is 0.412. The van der Waals surface area contributed by atoms with E-state index < -0.39 is 0 Å². The molecule has 3 N–H and O–H groups in total. The van der Waals surface area contributed by atoms with Crippen LogP contribution in [0.5, 0.6) is 5.75 Å². The summed E-state index contributed by atoms with van der Waals surface area (Å²) in [5, 5.41) is 5.46. The van der Waals surface area contributed by atoms with Crippen molar-refractivity contribution in [2.75, 3.05) is 25.1 Å². The number of hydrogen-bond donors (Lipinski definition) is 2. The van der Waals surface area contributed by atoms with Gasteiger partial charge in [-0.1, -0.05) is 6.07 Å². The molecule has 24 heavy (non-hydrogen) atoms. The Hall–Kier alpha value is -1.96. The molecule has 2 aromatic rings. The number of rotatable bonds is 7. The van der Waals surface area contributed by atoms with Crippen LogP contribution >= 0.6 is 11.3 Å². The number of nitrogens with zero attached hydrogens (tertiary/aromatic N) is 1. The first-order chi connectivity index (χ1) is 11.7. The molecule has 128 valence electrons. The van der Waals surface area contributed by atoms with E-state index in [4.69, 9.17) is 15.2 Å². The standard InChI is InChI=1S/C17H21N3O3S/c18-7-6-16-20-15(11-24-16)17(21)19-12-3-1-4-13(9-12)23-10-14-5-2-8-22-14/h1,3-4,9,11,14H,2,5-8,10,18H2,(H,19,21). The largest absolute Gasteiger partial charge is 0.491 e. The highest BCUT2D eigenvalue weighted by Crippen LogP contribution is 2.20. The lowest BCUT2D eigenvalue weighted by atomic mass is 10.2. The van der Waals surface area contributed by atoms with Gasteiger partial charge in [0.1, 0.15) is 18.1 Å². The zero-order chi connectivity index (χ0) is 16.8. The predicted octanol–water partition coefficient (Wildman–Crippen LogP) is 2.45. The zero-order valence-electron chi connectivity index (χ0n) is 13.4. The molecule has 1 aromatic carbocycles. The topological polar surface area (TPSA) is 86.5 Å². The number of ether oxygens (including phenoxy) is 2. The second kappa shape index (κ2) is 8.23. The number of carbonyl (C=O) groups excluding carboxylic acids is 1. The first-order valence-corrected chi connectivity index (χ1v) is 8.93. The van der Waals surface area contributed by atoms with Gasteiger partial charge in [0, 0.05) is 30.2 Å². The van der Waals surface area contributed by atoms with Gasteiger partial charge in [-0.2, -0.15) is 0 Å². The molecule has 1 unspecified atom stereocenters. The molecule has 1 amide bonds. The Bertz CT molecular complexity index is 683. The molecule has 0 saturated carbocycles. The molecule has 7 heteroatoms. The monoisotopic (exact) mass is 347 g/mol. The van der Waals surface area contributed by atoms with Crippen molar-refractivity contribution in [1.82, 2.24) is 4.98 Å². The maximum Gasteiger partial charge on any atom is 0.275 e. The van der Waals surface area contributed by atoms with Crippen molar-refractivity contribution in [1.29, 1.82) is 0 Å². The fourth-order valence-corrected chi connectivity index (χ4v) is 3.27. The molecule has 0 spiro atoms. The molecule has 1 fully saturated rings. The number of amides is 1. The van der Waals surface area contributed by atoms with Crippen LogP contribution in [0, 0.1) is 0 Å². The molecule has 2 heterocycles. The molecule has 0 bridgehead atoms. The quantitative estimate of drug-likeness (QED) is 0.803. The molecule has 0 radical (unpaired) electrons. The minimum Gasteiger partial charge on any atom is -0.491 e. The predicted molar refractivity (Wildman–Crippen MR) is 93.7 cm³/mol. The summed E-state index contributed by atoms with van der Waals surface area (Å²) in [6, 6.07) is 7.35. The Morgan fingerprint density at radius 3 is 3.21 bits per heavy atom. The van der Waals surface area contributed by atoms with E-state index in [-0.39, 0.29) is 12.0 Å². The fourth-order valence-electron chi connectivity index (χ4n) is 2.48. The van der Waals surface area contributed by atoms with Crippen LogP contribution in [0.25, 0.3) is 0 Å². The summed E-state index contributed by atoms with van der Waals surface area (Å²) in [4.78, 5) is 16.5. The van der Waals surface area contributed by atoms with Crippen molar-refractivity contribution >= 4 is 22.9 Å². The molecule has 6 nitrogen and oxygen atoms in total. The van der Waals surface area contributed by atoms with E-state index in [2.05, 4.69) is 10.3 Å². The molecule has 1 atom stereocenters. The van der Waals surface area contributed by atoms with Crippen molar-refractivity contribution in [3.8, 4) is 5.75 Å². The Morgan fingerprint density at radius 2 is 2.42 bits per heavy atom. The van der Waals surface area contributed by atoms with E-state index in [1.54, 1.807) is 11.4 Å². The summed E-state index contributed by atoms with van der Waals surface area (Å²) in [5.74, 6) is 0.483. The number of nitrogens with one attached hydrogen (secondary N) is 1. The van der Waals surface area contributed by atoms with Gasteiger partial charge in [0.2, 0.25) is 0 Å². The highest BCUT2D eigenvalue weighted by atomic mass is 32.1. The molecule has 1 aromatic heterocycles. The van der Waals surface area contributed by atoms with Gasteiger partial charge in [-0.15, -0.1) is 11.3 Å². The third kappa shape index (κ3) is 4.53. The lowest BCUT2D eigenvalue weighted by Crippen LogP contribution is -2.16. The smallest absolute Gasteiger partial charge is 0.275 e. The molecular weight excluding hydrogens is 326 g/mol. The van der Waals surface area contributed by atoms with E-state index in [0.717, 1.165) is 24.5 Å². The number of anilines is 1. The van der Waals surface area contributed by atoms with E-state index in [1.165, 1.54) is 11.3 Å². The molecule has 1 saturated heterocycles. The van der Waals surface area contributed by atoms with Crippen molar-refractivity contribution in [2.45, 2.75) is 25.4 Å². The number of hydrogen-bond acceptors (Lipinski definition) is 6. The van der Waals surface area contributed by atoms with Crippen LogP contribution in [-0.4, -0.2) is 36.8 Å². The van der Waals surface area contributed by atoms with Crippen LogP contribution in [-0.2, 0) is 11.2 Å². The van der Waals surface area contributed by atoms with Crippen LogP contribution in [0.2, 0.25) is 0 Å². The van der Waals surface area contributed by atoms with Gasteiger partial charge in [0.05, 0.1) is 11.1 Å². The molecule has 1 aliphatic rings. The first kappa shape index (κ1) is 16.9. The Labute approximate surface area is 145 Å². The number of thiazole rings is 1. The van der Waals surface area contributed by atoms with E-state index in [9.17, 15) is 4.79 Å². The summed E-state index contributed by atoms with van der Waals surface area (Å²) in [6.45, 7) is 1.87. The number of nitrogens with two attached hydrogens (primary N) is 1.